The van der Waals surface area contributed by atoms with Crippen LogP contribution in [0.3, 0.4) is 0 Å². The Labute approximate surface area is 114 Å². The van der Waals surface area contributed by atoms with E-state index in [4.69, 9.17) is 5.11 Å². The van der Waals surface area contributed by atoms with Gasteiger partial charge >= 0.3 is 57.4 Å². The van der Waals surface area contributed by atoms with Gasteiger partial charge in [0.1, 0.15) is 0 Å². The molecule has 0 fully saturated rings. The molecule has 0 heterocycles. The summed E-state index contributed by atoms with van der Waals surface area (Å²) in [5, 5.41) is 8.55. The predicted octanol–water partition coefficient (Wildman–Crippen LogP) is 1.30. The van der Waals surface area contributed by atoms with Crippen molar-refractivity contribution in [1.29, 1.82) is 0 Å². The number of hydrogen-bond acceptors (Lipinski definition) is 1. The first kappa shape index (κ1) is 12.3. The molecule has 0 bridgehead atoms. The molecule has 0 amide bonds. The van der Waals surface area contributed by atoms with E-state index in [1.807, 2.05) is 19.1 Å². The molecule has 0 unspecified atom stereocenters. The second-order valence-electron chi connectivity index (χ2n) is 2.36. The van der Waals surface area contributed by atoms with Crippen molar-refractivity contribution in [2.45, 2.75) is 13.3 Å². The molecule has 1 aromatic carbocycles. The van der Waals surface area contributed by atoms with Gasteiger partial charge in [-0.05, 0) is 24.1 Å². The van der Waals surface area contributed by atoms with Crippen molar-refractivity contribution < 1.29 is 9.90 Å². The first-order valence-electron chi connectivity index (χ1n) is 3.56. The van der Waals surface area contributed by atoms with E-state index in [1.54, 1.807) is 12.1 Å². The molecule has 0 aliphatic heterocycles. The van der Waals surface area contributed by atoms with Crippen LogP contribution in [0.4, 0.5) is 0 Å². The Bertz CT molecular complexity index is 254. The van der Waals surface area contributed by atoms with Gasteiger partial charge < -0.3 is 5.11 Å². The fraction of sp³-hybridized carbons (Fsp3) is 0.222. The van der Waals surface area contributed by atoms with Crippen molar-refractivity contribution in [3.8, 4) is 0 Å². The minimum atomic E-state index is -0.868. The van der Waals surface area contributed by atoms with E-state index >= 15 is 0 Å². The van der Waals surface area contributed by atoms with Gasteiger partial charge in [-0.3, -0.25) is 0 Å². The number of carboxylic acid groups (broad SMARTS) is 1. The Hall–Kier alpha value is 0.326. The number of rotatable bonds is 2. The summed E-state index contributed by atoms with van der Waals surface area (Å²) < 4.78 is 0. The summed E-state index contributed by atoms with van der Waals surface area (Å²) in [7, 11) is 0. The van der Waals surface area contributed by atoms with Gasteiger partial charge in [0.15, 0.2) is 0 Å². The number of aryl methyl sites for hydroxylation is 1. The molecule has 0 radical (unpaired) electrons. The molecule has 1 rings (SSSR count). The second kappa shape index (κ2) is 5.88. The molecule has 0 aliphatic carbocycles. The van der Waals surface area contributed by atoms with E-state index in [-0.39, 0.29) is 51.4 Å². The summed E-state index contributed by atoms with van der Waals surface area (Å²) >= 11 is 0. The zero-order valence-corrected chi connectivity index (χ0v) is 6.37. The zero-order valence-electron chi connectivity index (χ0n) is 6.37. The maximum absolute atomic E-state index is 10.4. The van der Waals surface area contributed by atoms with Gasteiger partial charge in [-0.15, -0.1) is 0 Å². The van der Waals surface area contributed by atoms with Gasteiger partial charge in [0.25, 0.3) is 0 Å². The molecule has 1 N–H and O–H groups in total. The normalized spacial score (nSPS) is 8.75. The number of benzene rings is 1. The third-order valence-electron chi connectivity index (χ3n) is 1.61. The van der Waals surface area contributed by atoms with Gasteiger partial charge in [-0.1, -0.05) is 19.1 Å². The van der Waals surface area contributed by atoms with Crippen LogP contribution < -0.4 is 0 Å². The van der Waals surface area contributed by atoms with Crippen LogP contribution >= 0.6 is 0 Å². The van der Waals surface area contributed by atoms with Crippen LogP contribution in [0.1, 0.15) is 22.8 Å². The molecule has 0 saturated heterocycles. The van der Waals surface area contributed by atoms with Crippen LogP contribution in [0.15, 0.2) is 24.3 Å². The van der Waals surface area contributed by atoms with E-state index in [0.717, 1.165) is 12.0 Å². The van der Waals surface area contributed by atoms with Gasteiger partial charge in [0, 0.05) is 0 Å². The molecule has 3 heteroatoms. The molecule has 12 heavy (non-hydrogen) atoms. The monoisotopic (exact) mass is 190 g/mol. The van der Waals surface area contributed by atoms with E-state index in [2.05, 4.69) is 0 Å². The second-order valence-corrected chi connectivity index (χ2v) is 2.36. The number of carboxylic acids is 1. The zero-order chi connectivity index (χ0) is 8.27. The van der Waals surface area contributed by atoms with Crippen LogP contribution in [0.25, 0.3) is 0 Å². The van der Waals surface area contributed by atoms with Crippen molar-refractivity contribution in [3.05, 3.63) is 35.4 Å². The summed E-state index contributed by atoms with van der Waals surface area (Å²) in [4.78, 5) is 10.4. The van der Waals surface area contributed by atoms with E-state index < -0.39 is 5.97 Å². The van der Waals surface area contributed by atoms with E-state index in [1.165, 1.54) is 0 Å². The molecule has 2 nitrogen and oxygen atoms in total. The topological polar surface area (TPSA) is 37.3 Å². The Kier molecular flexibility index (Phi) is 6.04. The summed E-state index contributed by atoms with van der Waals surface area (Å²) in [5.74, 6) is -0.868. The van der Waals surface area contributed by atoms with Crippen molar-refractivity contribution >= 4 is 57.4 Å². The standard InChI is InChI=1S/C9H10O2.K.H/c1-2-7-3-5-8(6-4-7)9(10)11;;/h3-6H,2H2,1H3,(H,10,11);;. The first-order chi connectivity index (χ1) is 5.24. The molecular formula is C9H11KO2. The van der Waals surface area contributed by atoms with Gasteiger partial charge in [0.05, 0.1) is 5.56 Å². The molecule has 60 valence electrons. The van der Waals surface area contributed by atoms with Gasteiger partial charge in [-0.25, -0.2) is 4.79 Å². The Morgan fingerprint density at radius 3 is 2.17 bits per heavy atom. The van der Waals surface area contributed by atoms with Gasteiger partial charge in [0.2, 0.25) is 0 Å². The van der Waals surface area contributed by atoms with Crippen LogP contribution in [0, 0.1) is 0 Å². The molecule has 0 spiro atoms. The predicted molar refractivity (Wildman–Crippen MR) is 49.9 cm³/mol. The fourth-order valence-electron chi connectivity index (χ4n) is 0.883. The number of carbonyl (C=O) groups is 1. The quantitative estimate of drug-likeness (QED) is 0.714. The molecule has 0 atom stereocenters. The van der Waals surface area contributed by atoms with Crippen LogP contribution in [0.2, 0.25) is 0 Å². The number of aromatic carboxylic acids is 1. The van der Waals surface area contributed by atoms with E-state index in [0.29, 0.717) is 5.56 Å². The van der Waals surface area contributed by atoms with Crippen LogP contribution in [-0.4, -0.2) is 62.5 Å². The summed E-state index contributed by atoms with van der Waals surface area (Å²) in [6, 6.07) is 6.93. The number of hydrogen-bond donors (Lipinski definition) is 1. The molecule has 0 saturated carbocycles. The van der Waals surface area contributed by atoms with Crippen molar-refractivity contribution in [2.24, 2.45) is 0 Å². The third kappa shape index (κ3) is 3.37. The minimum absolute atomic E-state index is 0. The van der Waals surface area contributed by atoms with Crippen molar-refractivity contribution in [2.75, 3.05) is 0 Å². The molecule has 0 aliphatic rings. The Morgan fingerprint density at radius 2 is 1.83 bits per heavy atom. The molecular weight excluding hydrogens is 179 g/mol. The summed E-state index contributed by atoms with van der Waals surface area (Å²) in [5.41, 5.74) is 1.51. The average molecular weight is 190 g/mol. The average Bonchev–Trinajstić information content (AvgIpc) is 2.05. The van der Waals surface area contributed by atoms with E-state index in [9.17, 15) is 4.79 Å². The third-order valence-corrected chi connectivity index (χ3v) is 1.61. The maximum atomic E-state index is 10.4. The molecule has 1 aromatic rings. The van der Waals surface area contributed by atoms with Crippen molar-refractivity contribution in [1.82, 2.24) is 0 Å². The molecule has 0 aromatic heterocycles. The van der Waals surface area contributed by atoms with Crippen LogP contribution in [-0.2, 0) is 6.42 Å². The Balaban J connectivity index is 0.00000121. The van der Waals surface area contributed by atoms with Gasteiger partial charge in [-0.2, -0.15) is 0 Å². The van der Waals surface area contributed by atoms with Crippen molar-refractivity contribution in [3.63, 3.8) is 0 Å². The van der Waals surface area contributed by atoms with Crippen LogP contribution in [0.5, 0.6) is 0 Å². The SMILES string of the molecule is CCc1ccc(C(=O)O)cc1.[KH]. The summed E-state index contributed by atoms with van der Waals surface area (Å²) in [6.07, 6.45) is 0.944. The Morgan fingerprint density at radius 1 is 1.33 bits per heavy atom. The summed E-state index contributed by atoms with van der Waals surface area (Å²) in [6.45, 7) is 2.04. The first-order valence-corrected chi connectivity index (χ1v) is 3.56. The fourth-order valence-corrected chi connectivity index (χ4v) is 0.883.